The molecule has 0 aromatic heterocycles. The topological polar surface area (TPSA) is 391 Å². The molecule has 0 radical (unpaired) electrons. The van der Waals surface area contributed by atoms with E-state index < -0.39 is 139 Å². The van der Waals surface area contributed by atoms with Crippen LogP contribution in [0.25, 0.3) is 0 Å². The maximum Gasteiger partial charge on any atom is 0.328 e. The van der Waals surface area contributed by atoms with E-state index in [4.69, 9.17) is 16.6 Å². The minimum absolute atomic E-state index is 0.0523. The van der Waals surface area contributed by atoms with E-state index in [-0.39, 0.29) is 25.1 Å². The average Bonchev–Trinajstić information content (AvgIpc) is 3.73. The van der Waals surface area contributed by atoms with Crippen LogP contribution in [-0.2, 0) is 54.4 Å². The first-order valence-corrected chi connectivity index (χ1v) is 20.2. The van der Waals surface area contributed by atoms with Crippen LogP contribution < -0.4 is 48.7 Å². The number of nitrogens with two attached hydrogens (primary N) is 2. The molecule has 1 fully saturated rings. The summed E-state index contributed by atoms with van der Waals surface area (Å²) in [5, 5.41) is 54.6. The van der Waals surface area contributed by atoms with Gasteiger partial charge in [0.2, 0.25) is 53.2 Å². The Balaban J connectivity index is 2.15. The number of primary amides is 1. The van der Waals surface area contributed by atoms with E-state index in [2.05, 4.69) is 37.2 Å². The van der Waals surface area contributed by atoms with Crippen molar-refractivity contribution in [3.63, 3.8) is 0 Å². The smallest absolute Gasteiger partial charge is 0.328 e. The minimum Gasteiger partial charge on any atom is -0.508 e. The number of phenolic OH excluding ortho intramolecular Hbond substituents is 1. The number of carbonyl (C=O) groups excluding carboxylic acids is 9. The van der Waals surface area contributed by atoms with Gasteiger partial charge in [-0.15, -0.1) is 0 Å². The van der Waals surface area contributed by atoms with E-state index in [9.17, 15) is 63.3 Å². The van der Waals surface area contributed by atoms with Gasteiger partial charge in [0.15, 0.2) is 6.04 Å². The van der Waals surface area contributed by atoms with Crippen molar-refractivity contribution < 1.29 is 68.4 Å². The van der Waals surface area contributed by atoms with Crippen LogP contribution in [0, 0.1) is 5.92 Å². The maximum absolute atomic E-state index is 13.7. The summed E-state index contributed by atoms with van der Waals surface area (Å²) in [4.78, 5) is 130. The number of phenols is 1. The Labute approximate surface area is 363 Å². The van der Waals surface area contributed by atoms with E-state index in [0.29, 0.717) is 18.4 Å². The molecule has 10 unspecified atom stereocenters. The molecule has 1 aromatic carbocycles. The van der Waals surface area contributed by atoms with Gasteiger partial charge in [-0.2, -0.15) is 0 Å². The number of benzene rings is 1. The number of aliphatic hydroxyl groups excluding tert-OH is 2. The predicted octanol–water partition coefficient (Wildman–Crippen LogP) is -5.30. The third-order valence-corrected chi connectivity index (χ3v) is 10.2. The molecular formula is C39H60N10O14. The molecule has 0 aliphatic carbocycles. The van der Waals surface area contributed by atoms with Crippen LogP contribution >= 0.6 is 0 Å². The van der Waals surface area contributed by atoms with Crippen molar-refractivity contribution in [2.45, 2.75) is 121 Å². The molecule has 0 bridgehead atoms. The van der Waals surface area contributed by atoms with Gasteiger partial charge in [0.25, 0.3) is 0 Å². The molecule has 1 aromatic rings. The zero-order valence-electron chi connectivity index (χ0n) is 35.7. The molecule has 1 aliphatic heterocycles. The maximum atomic E-state index is 13.7. The monoisotopic (exact) mass is 892 g/mol. The summed E-state index contributed by atoms with van der Waals surface area (Å²) in [6.45, 7) is 5.86. The number of aromatic hydroxyl groups is 1. The van der Waals surface area contributed by atoms with Gasteiger partial charge in [0.05, 0.1) is 25.7 Å². The normalized spacial score (nSPS) is 17.7. The number of aliphatic carboxylic acids is 1. The first-order chi connectivity index (χ1) is 29.5. The SMILES string of the molecule is CCC(C)C(NC(=O)C(CC(N)=O)NC(=O)C(C)NC(=O)C1CCCN1C(=O)C(C)NC(=O)C(Cc1ccc(O)cc1)NC(=O)CNC(=O)C(N)CO)C(=O)NC(C(=O)O)C(C)O. The van der Waals surface area contributed by atoms with E-state index in [0.717, 1.165) is 6.92 Å². The summed E-state index contributed by atoms with van der Waals surface area (Å²) in [6.07, 6.45) is -1.48. The first-order valence-electron chi connectivity index (χ1n) is 20.2. The number of likely N-dealkylation sites (tertiary alicyclic amines) is 1. The number of carbonyl (C=O) groups is 10. The van der Waals surface area contributed by atoms with Gasteiger partial charge in [0.1, 0.15) is 48.0 Å². The summed E-state index contributed by atoms with van der Waals surface area (Å²) >= 11 is 0. The van der Waals surface area contributed by atoms with Crippen molar-refractivity contribution >= 4 is 59.1 Å². The molecule has 1 aliphatic rings. The molecule has 1 saturated heterocycles. The molecule has 24 nitrogen and oxygen atoms in total. The highest BCUT2D eigenvalue weighted by Gasteiger charge is 2.39. The molecule has 9 amide bonds. The average molecular weight is 893 g/mol. The summed E-state index contributed by atoms with van der Waals surface area (Å²) in [7, 11) is 0. The Morgan fingerprint density at radius 3 is 1.94 bits per heavy atom. The number of rotatable bonds is 24. The molecule has 350 valence electrons. The van der Waals surface area contributed by atoms with Crippen molar-refractivity contribution in [3.8, 4) is 5.75 Å². The second kappa shape index (κ2) is 24.9. The highest BCUT2D eigenvalue weighted by molar-refractivity contribution is 5.98. The number of nitrogens with one attached hydrogen (secondary N) is 7. The molecular weight excluding hydrogens is 832 g/mol. The number of hydrogen-bond acceptors (Lipinski definition) is 14. The van der Waals surface area contributed by atoms with E-state index in [1.54, 1.807) is 13.8 Å². The lowest BCUT2D eigenvalue weighted by Gasteiger charge is -2.29. The number of carboxylic acids is 1. The van der Waals surface area contributed by atoms with Crippen LogP contribution in [0.2, 0.25) is 0 Å². The predicted molar refractivity (Wildman–Crippen MR) is 220 cm³/mol. The highest BCUT2D eigenvalue weighted by atomic mass is 16.4. The zero-order chi connectivity index (χ0) is 47.7. The fourth-order valence-electron chi connectivity index (χ4n) is 6.30. The largest absolute Gasteiger partial charge is 0.508 e. The number of aliphatic hydroxyl groups is 2. The fourth-order valence-corrected chi connectivity index (χ4v) is 6.30. The molecule has 10 atom stereocenters. The fraction of sp³-hybridized carbons (Fsp3) is 0.590. The highest BCUT2D eigenvalue weighted by Crippen LogP contribution is 2.19. The zero-order valence-corrected chi connectivity index (χ0v) is 35.7. The number of nitrogens with zero attached hydrogens (tertiary/aromatic N) is 1. The molecule has 1 heterocycles. The van der Waals surface area contributed by atoms with Crippen LogP contribution in [-0.4, -0.2) is 159 Å². The number of hydrogen-bond donors (Lipinski definition) is 13. The molecule has 15 N–H and O–H groups in total. The van der Waals surface area contributed by atoms with Gasteiger partial charge in [-0.3, -0.25) is 43.2 Å². The summed E-state index contributed by atoms with van der Waals surface area (Å²) in [6, 6.07) is -5.28. The van der Waals surface area contributed by atoms with Gasteiger partial charge in [-0.25, -0.2) is 4.79 Å². The molecule has 63 heavy (non-hydrogen) atoms. The molecule has 2 rings (SSSR count). The number of carboxylic acid groups (broad SMARTS) is 1. The Morgan fingerprint density at radius 2 is 1.38 bits per heavy atom. The molecule has 24 heteroatoms. The van der Waals surface area contributed by atoms with E-state index >= 15 is 0 Å². The van der Waals surface area contributed by atoms with Gasteiger partial charge in [-0.05, 0) is 57.2 Å². The van der Waals surface area contributed by atoms with Crippen molar-refractivity contribution in [1.29, 1.82) is 0 Å². The standard InChI is InChI=1S/C39H60N10O14/c1-6-18(2)30(37(60)48-31(21(5)51)39(62)63)47-35(58)26(15-28(41)53)46-32(55)19(3)43-36(59)27-8-7-13-49(27)38(61)20(4)44-34(57)25(14-22-9-11-23(52)12-10-22)45-29(54)16-42-33(56)24(40)17-50/h9-12,18-21,24-27,30-31,50-52H,6-8,13-17,40H2,1-5H3,(H2,41,53)(H,42,56)(H,43,59)(H,44,57)(H,45,54)(H,46,55)(H,47,58)(H,48,60)(H,62,63). The lowest BCUT2D eigenvalue weighted by molar-refractivity contribution is -0.145. The Morgan fingerprint density at radius 1 is 0.778 bits per heavy atom. The minimum atomic E-state index is -1.71. The second-order valence-electron chi connectivity index (χ2n) is 15.3. The van der Waals surface area contributed by atoms with Crippen molar-refractivity contribution in [3.05, 3.63) is 29.8 Å². The Hall–Kier alpha value is -6.40. The first kappa shape index (κ1) is 52.7. The third kappa shape index (κ3) is 16.4. The molecule has 0 spiro atoms. The van der Waals surface area contributed by atoms with Gasteiger partial charge < -0.3 is 74.0 Å². The Kier molecular flexibility index (Phi) is 20.8. The van der Waals surface area contributed by atoms with Crippen molar-refractivity contribution in [2.24, 2.45) is 17.4 Å². The quantitative estimate of drug-likeness (QED) is 0.0461. The van der Waals surface area contributed by atoms with Crippen LogP contribution in [0.4, 0.5) is 0 Å². The third-order valence-electron chi connectivity index (χ3n) is 10.2. The van der Waals surface area contributed by atoms with Gasteiger partial charge in [0, 0.05) is 13.0 Å². The summed E-state index contributed by atoms with van der Waals surface area (Å²) in [5.41, 5.74) is 11.3. The van der Waals surface area contributed by atoms with Crippen molar-refractivity contribution in [2.75, 3.05) is 19.7 Å². The lowest BCUT2D eigenvalue weighted by atomic mass is 9.97. The summed E-state index contributed by atoms with van der Waals surface area (Å²) < 4.78 is 0. The lowest BCUT2D eigenvalue weighted by Crippen LogP contribution is -2.60. The van der Waals surface area contributed by atoms with Crippen LogP contribution in [0.5, 0.6) is 5.75 Å². The molecule has 0 saturated carbocycles. The van der Waals surface area contributed by atoms with Gasteiger partial charge >= 0.3 is 5.97 Å². The van der Waals surface area contributed by atoms with Crippen LogP contribution in [0.15, 0.2) is 24.3 Å². The Bertz CT molecular complexity index is 1830. The number of amides is 9. The van der Waals surface area contributed by atoms with Crippen molar-refractivity contribution in [1.82, 2.24) is 42.1 Å². The van der Waals surface area contributed by atoms with E-state index in [1.807, 2.05) is 0 Å². The van der Waals surface area contributed by atoms with Gasteiger partial charge in [-0.1, -0.05) is 32.4 Å². The van der Waals surface area contributed by atoms with E-state index in [1.165, 1.54) is 43.0 Å². The van der Waals surface area contributed by atoms with Crippen LogP contribution in [0.1, 0.15) is 65.9 Å². The summed E-state index contributed by atoms with van der Waals surface area (Å²) in [5.74, 6) is -10.0. The second-order valence-corrected chi connectivity index (χ2v) is 15.3. The van der Waals surface area contributed by atoms with Crippen LogP contribution in [0.3, 0.4) is 0 Å².